The highest BCUT2D eigenvalue weighted by molar-refractivity contribution is 5.93. The first-order chi connectivity index (χ1) is 7.42. The van der Waals surface area contributed by atoms with Crippen LogP contribution in [0.4, 0.5) is 0 Å². The average Bonchev–Trinajstić information content (AvgIpc) is 2.68. The summed E-state index contributed by atoms with van der Waals surface area (Å²) in [6.45, 7) is 6.89. The van der Waals surface area contributed by atoms with Gasteiger partial charge in [0.2, 0.25) is 0 Å². The van der Waals surface area contributed by atoms with E-state index >= 15 is 0 Å². The van der Waals surface area contributed by atoms with Crippen molar-refractivity contribution in [2.24, 2.45) is 22.2 Å². The molecule has 2 bridgehead atoms. The molecule has 1 nitrogen and oxygen atoms in total. The summed E-state index contributed by atoms with van der Waals surface area (Å²) >= 11 is 0. The van der Waals surface area contributed by atoms with Crippen LogP contribution in [0.25, 0.3) is 0 Å². The SMILES string of the molecule is CC1(C)CC2CCC1(C)C(=O)C21CCCC1. The molecule has 0 aromatic rings. The molecule has 0 aromatic heterocycles. The molecule has 4 saturated carbocycles. The zero-order chi connectivity index (χ0) is 11.6. The van der Waals surface area contributed by atoms with Crippen LogP contribution in [0.2, 0.25) is 0 Å². The summed E-state index contributed by atoms with van der Waals surface area (Å²) in [6.07, 6.45) is 8.72. The van der Waals surface area contributed by atoms with Crippen LogP contribution < -0.4 is 0 Å². The van der Waals surface area contributed by atoms with Crippen molar-refractivity contribution < 1.29 is 4.79 Å². The first kappa shape index (κ1) is 10.8. The zero-order valence-corrected chi connectivity index (χ0v) is 10.9. The van der Waals surface area contributed by atoms with Gasteiger partial charge in [0.1, 0.15) is 5.78 Å². The molecule has 0 aromatic carbocycles. The number of carbonyl (C=O) groups is 1. The van der Waals surface area contributed by atoms with E-state index in [4.69, 9.17) is 0 Å². The Labute approximate surface area is 99.0 Å². The zero-order valence-electron chi connectivity index (χ0n) is 10.9. The summed E-state index contributed by atoms with van der Waals surface area (Å²) in [6, 6.07) is 0. The highest BCUT2D eigenvalue weighted by Crippen LogP contribution is 2.67. The first-order valence-corrected chi connectivity index (χ1v) is 6.97. The highest BCUT2D eigenvalue weighted by atomic mass is 16.1. The number of ketones is 1. The molecule has 4 rings (SSSR count). The fourth-order valence-corrected chi connectivity index (χ4v) is 5.01. The predicted octanol–water partition coefficient (Wildman–Crippen LogP) is 3.96. The van der Waals surface area contributed by atoms with Gasteiger partial charge in [-0.1, -0.05) is 33.6 Å². The maximum Gasteiger partial charge on any atom is 0.145 e. The number of fused-ring (bicyclic) bond motifs is 2. The van der Waals surface area contributed by atoms with Crippen LogP contribution in [0.5, 0.6) is 0 Å². The molecular weight excluding hydrogens is 196 g/mol. The molecule has 4 aliphatic carbocycles. The van der Waals surface area contributed by atoms with Crippen LogP contribution in [0.3, 0.4) is 0 Å². The lowest BCUT2D eigenvalue weighted by atomic mass is 9.41. The van der Waals surface area contributed by atoms with Gasteiger partial charge < -0.3 is 0 Å². The Morgan fingerprint density at radius 1 is 1.06 bits per heavy atom. The maximum absolute atomic E-state index is 12.9. The van der Waals surface area contributed by atoms with Crippen molar-refractivity contribution in [1.82, 2.24) is 0 Å². The number of rotatable bonds is 0. The number of Topliss-reactive ketones (excluding diaryl/α,β-unsaturated/α-hetero) is 1. The normalized spacial score (nSPS) is 44.2. The largest absolute Gasteiger partial charge is 0.298 e. The highest BCUT2D eigenvalue weighted by Gasteiger charge is 2.65. The van der Waals surface area contributed by atoms with E-state index in [9.17, 15) is 4.79 Å². The van der Waals surface area contributed by atoms with E-state index in [0.717, 1.165) is 6.42 Å². The topological polar surface area (TPSA) is 17.1 Å². The second-order valence-corrected chi connectivity index (χ2v) is 7.35. The van der Waals surface area contributed by atoms with Crippen LogP contribution in [-0.2, 0) is 4.79 Å². The third-order valence-electron chi connectivity index (χ3n) is 6.47. The molecule has 1 heteroatoms. The van der Waals surface area contributed by atoms with Crippen LogP contribution in [0.15, 0.2) is 0 Å². The van der Waals surface area contributed by atoms with Crippen LogP contribution in [-0.4, -0.2) is 5.78 Å². The fraction of sp³-hybridized carbons (Fsp3) is 0.933. The molecule has 0 N–H and O–H groups in total. The lowest BCUT2D eigenvalue weighted by Gasteiger charge is -2.61. The number of hydrogen-bond acceptors (Lipinski definition) is 1. The van der Waals surface area contributed by atoms with Gasteiger partial charge >= 0.3 is 0 Å². The third-order valence-corrected chi connectivity index (χ3v) is 6.47. The van der Waals surface area contributed by atoms with E-state index in [2.05, 4.69) is 20.8 Å². The Morgan fingerprint density at radius 3 is 2.25 bits per heavy atom. The van der Waals surface area contributed by atoms with E-state index in [1.165, 1.54) is 38.5 Å². The van der Waals surface area contributed by atoms with Crippen LogP contribution in [0, 0.1) is 22.2 Å². The Hall–Kier alpha value is -0.330. The molecular formula is C15H24O. The number of carbonyl (C=O) groups excluding carboxylic acids is 1. The molecule has 0 radical (unpaired) electrons. The van der Waals surface area contributed by atoms with Gasteiger partial charge in [-0.05, 0) is 43.4 Å². The van der Waals surface area contributed by atoms with Crippen molar-refractivity contribution >= 4 is 5.78 Å². The van der Waals surface area contributed by atoms with Crippen molar-refractivity contribution in [2.45, 2.75) is 65.7 Å². The molecule has 0 aliphatic heterocycles. The molecule has 0 saturated heterocycles. The van der Waals surface area contributed by atoms with Gasteiger partial charge in [-0.25, -0.2) is 0 Å². The van der Waals surface area contributed by atoms with Crippen molar-refractivity contribution in [3.63, 3.8) is 0 Å². The standard InChI is InChI=1S/C15H24O/c1-13(2)10-11-6-9-14(13,3)12(16)15(11)7-4-5-8-15/h11H,4-10H2,1-3H3. The smallest absolute Gasteiger partial charge is 0.145 e. The van der Waals surface area contributed by atoms with E-state index in [-0.39, 0.29) is 16.2 Å². The van der Waals surface area contributed by atoms with Gasteiger partial charge in [0.15, 0.2) is 0 Å². The summed E-state index contributed by atoms with van der Waals surface area (Å²) in [4.78, 5) is 12.9. The fourth-order valence-electron chi connectivity index (χ4n) is 5.01. The minimum atomic E-state index is -0.0217. The number of hydrogen-bond donors (Lipinski definition) is 0. The van der Waals surface area contributed by atoms with Crippen LogP contribution in [0.1, 0.15) is 65.7 Å². The Bertz CT molecular complexity index is 331. The molecule has 90 valence electrons. The Balaban J connectivity index is 2.07. The van der Waals surface area contributed by atoms with Gasteiger partial charge in [0.25, 0.3) is 0 Å². The molecule has 2 atom stereocenters. The summed E-state index contributed by atoms with van der Waals surface area (Å²) in [5.41, 5.74) is 0.343. The first-order valence-electron chi connectivity index (χ1n) is 6.97. The quantitative estimate of drug-likeness (QED) is 0.604. The van der Waals surface area contributed by atoms with Gasteiger partial charge in [0.05, 0.1) is 0 Å². The Morgan fingerprint density at radius 2 is 1.69 bits per heavy atom. The lowest BCUT2D eigenvalue weighted by molar-refractivity contribution is -0.174. The molecule has 1 spiro atoms. The van der Waals surface area contributed by atoms with Crippen molar-refractivity contribution in [3.8, 4) is 0 Å². The summed E-state index contributed by atoms with van der Waals surface area (Å²) in [5, 5.41) is 0. The minimum Gasteiger partial charge on any atom is -0.298 e. The summed E-state index contributed by atoms with van der Waals surface area (Å²) in [7, 11) is 0. The van der Waals surface area contributed by atoms with E-state index in [1.54, 1.807) is 0 Å². The van der Waals surface area contributed by atoms with Crippen molar-refractivity contribution in [3.05, 3.63) is 0 Å². The molecule has 16 heavy (non-hydrogen) atoms. The Kier molecular flexibility index (Phi) is 1.97. The minimum absolute atomic E-state index is 0.0217. The van der Waals surface area contributed by atoms with Gasteiger partial charge in [-0.2, -0.15) is 0 Å². The van der Waals surface area contributed by atoms with E-state index in [0.29, 0.717) is 11.7 Å². The van der Waals surface area contributed by atoms with Gasteiger partial charge in [-0.15, -0.1) is 0 Å². The third kappa shape index (κ3) is 1.01. The summed E-state index contributed by atoms with van der Waals surface area (Å²) in [5.74, 6) is 1.35. The molecule has 4 aliphatic rings. The predicted molar refractivity (Wildman–Crippen MR) is 65.1 cm³/mol. The second-order valence-electron chi connectivity index (χ2n) is 7.35. The van der Waals surface area contributed by atoms with Crippen LogP contribution >= 0.6 is 0 Å². The molecule has 2 unspecified atom stereocenters. The van der Waals surface area contributed by atoms with Crippen molar-refractivity contribution in [2.75, 3.05) is 0 Å². The average molecular weight is 220 g/mol. The maximum atomic E-state index is 12.9. The van der Waals surface area contributed by atoms with Gasteiger partial charge in [0, 0.05) is 10.8 Å². The molecule has 4 fully saturated rings. The molecule has 0 amide bonds. The second kappa shape index (κ2) is 2.91. The van der Waals surface area contributed by atoms with Crippen molar-refractivity contribution in [1.29, 1.82) is 0 Å². The van der Waals surface area contributed by atoms with Gasteiger partial charge in [-0.3, -0.25) is 4.79 Å². The lowest BCUT2D eigenvalue weighted by Crippen LogP contribution is -2.61. The van der Waals surface area contributed by atoms with E-state index < -0.39 is 0 Å². The monoisotopic (exact) mass is 220 g/mol. The van der Waals surface area contributed by atoms with E-state index in [1.807, 2.05) is 0 Å². The molecule has 0 heterocycles. The summed E-state index contributed by atoms with van der Waals surface area (Å²) < 4.78 is 0.